The number of hydrogen-bond donors (Lipinski definition) is 0. The minimum Gasteiger partial charge on any atom is -0.0947 e. The zero-order chi connectivity index (χ0) is 8.10. The first kappa shape index (κ1) is 9.05. The van der Waals surface area contributed by atoms with Crippen LogP contribution in [0, 0.1) is 0 Å². The predicted octanol–water partition coefficient (Wildman–Crippen LogP) is 4.18. The third kappa shape index (κ3) is 3.24. The van der Waals surface area contributed by atoms with Gasteiger partial charge in [0.25, 0.3) is 0 Å². The highest BCUT2D eigenvalue weighted by molar-refractivity contribution is 9.12. The van der Waals surface area contributed by atoms with Crippen LogP contribution in [0.3, 0.4) is 0 Å². The Morgan fingerprint density at radius 2 is 1.91 bits per heavy atom. The summed E-state index contributed by atoms with van der Waals surface area (Å²) in [7, 11) is 0. The van der Waals surface area contributed by atoms with Crippen molar-refractivity contribution >= 4 is 15.9 Å². The molecule has 0 saturated heterocycles. The highest BCUT2D eigenvalue weighted by atomic mass is 79.9. The second kappa shape index (κ2) is 4.76. The summed E-state index contributed by atoms with van der Waals surface area (Å²) in [6, 6.07) is 0. The molecule has 0 bridgehead atoms. The van der Waals surface area contributed by atoms with E-state index < -0.39 is 0 Å². The van der Waals surface area contributed by atoms with Gasteiger partial charge in [-0.15, -0.1) is 0 Å². The predicted molar refractivity (Wildman–Crippen MR) is 53.9 cm³/mol. The van der Waals surface area contributed by atoms with Gasteiger partial charge < -0.3 is 0 Å². The Balaban J connectivity index is 2.51. The van der Waals surface area contributed by atoms with E-state index in [0.717, 1.165) is 6.42 Å². The summed E-state index contributed by atoms with van der Waals surface area (Å²) in [6.45, 7) is 4.02. The zero-order valence-corrected chi connectivity index (χ0v) is 8.49. The lowest BCUT2D eigenvalue weighted by Gasteiger charge is -2.01. The molecule has 0 atom stereocenters. The number of rotatable bonds is 0. The largest absolute Gasteiger partial charge is 0.0947 e. The van der Waals surface area contributed by atoms with Crippen molar-refractivity contribution in [3.63, 3.8) is 0 Å². The van der Waals surface area contributed by atoms with Crippen molar-refractivity contribution in [3.05, 3.63) is 22.7 Å². The van der Waals surface area contributed by atoms with Gasteiger partial charge in [-0.05, 0) is 31.3 Å². The maximum atomic E-state index is 4.02. The number of hydrogen-bond acceptors (Lipinski definition) is 0. The Labute approximate surface area is 77.5 Å². The normalized spacial score (nSPS) is 26.3. The maximum Gasteiger partial charge on any atom is 0.0161 e. The number of halogens is 1. The molecule has 1 aliphatic rings. The van der Waals surface area contributed by atoms with Gasteiger partial charge in [0.15, 0.2) is 0 Å². The summed E-state index contributed by atoms with van der Waals surface area (Å²) in [5, 5.41) is 0. The lowest BCUT2D eigenvalue weighted by molar-refractivity contribution is 0.654. The van der Waals surface area contributed by atoms with Gasteiger partial charge in [0, 0.05) is 4.48 Å². The van der Waals surface area contributed by atoms with E-state index in [1.54, 1.807) is 0 Å². The number of allylic oxidation sites excluding steroid dienone is 3. The van der Waals surface area contributed by atoms with Crippen molar-refractivity contribution < 1.29 is 0 Å². The smallest absolute Gasteiger partial charge is 0.0161 e. The van der Waals surface area contributed by atoms with Gasteiger partial charge in [-0.2, -0.15) is 0 Å². The van der Waals surface area contributed by atoms with Crippen LogP contribution >= 0.6 is 15.9 Å². The molecule has 0 aliphatic heterocycles. The molecule has 0 radical (unpaired) electrons. The van der Waals surface area contributed by atoms with Crippen molar-refractivity contribution in [2.75, 3.05) is 0 Å². The van der Waals surface area contributed by atoms with Crippen molar-refractivity contribution in [2.45, 2.75) is 38.5 Å². The molecule has 1 aliphatic carbocycles. The molecule has 0 heterocycles. The van der Waals surface area contributed by atoms with Crippen LogP contribution in [0.4, 0.5) is 0 Å². The lowest BCUT2D eigenvalue weighted by atomic mass is 10.1. The molecule has 1 rings (SSSR count). The summed E-state index contributed by atoms with van der Waals surface area (Å²) in [5.74, 6) is 0. The zero-order valence-electron chi connectivity index (χ0n) is 6.91. The molecule has 0 aromatic heterocycles. The van der Waals surface area contributed by atoms with Crippen LogP contribution in [0.2, 0.25) is 0 Å². The molecule has 0 amide bonds. The molecule has 1 heteroatoms. The molecule has 0 fully saturated rings. The molecule has 62 valence electrons. The van der Waals surface area contributed by atoms with E-state index in [1.165, 1.54) is 42.2 Å². The topological polar surface area (TPSA) is 0 Å². The fourth-order valence-corrected chi connectivity index (χ4v) is 1.76. The molecular formula is C10H15Br. The first-order valence-corrected chi connectivity index (χ1v) is 5.14. The van der Waals surface area contributed by atoms with Crippen molar-refractivity contribution in [1.82, 2.24) is 0 Å². The van der Waals surface area contributed by atoms with Crippen LogP contribution in [0.15, 0.2) is 22.7 Å². The second-order valence-electron chi connectivity index (χ2n) is 3.11. The summed E-state index contributed by atoms with van der Waals surface area (Å²) >= 11 is 3.53. The van der Waals surface area contributed by atoms with E-state index in [0.29, 0.717) is 0 Å². The fourth-order valence-electron chi connectivity index (χ4n) is 1.33. The maximum absolute atomic E-state index is 4.02. The summed E-state index contributed by atoms with van der Waals surface area (Å²) in [5.41, 5.74) is 1.27. The van der Waals surface area contributed by atoms with E-state index in [-0.39, 0.29) is 0 Å². The monoisotopic (exact) mass is 214 g/mol. The van der Waals surface area contributed by atoms with E-state index in [2.05, 4.69) is 28.6 Å². The minimum absolute atomic E-state index is 1.16. The first-order valence-electron chi connectivity index (χ1n) is 4.34. The van der Waals surface area contributed by atoms with Gasteiger partial charge in [-0.3, -0.25) is 0 Å². The summed E-state index contributed by atoms with van der Waals surface area (Å²) < 4.78 is 1.24. The van der Waals surface area contributed by atoms with Crippen molar-refractivity contribution in [3.8, 4) is 0 Å². The van der Waals surface area contributed by atoms with Gasteiger partial charge in [-0.25, -0.2) is 0 Å². The Bertz CT molecular complexity index is 168. The molecule has 0 N–H and O–H groups in total. The van der Waals surface area contributed by atoms with Crippen LogP contribution in [-0.4, -0.2) is 0 Å². The van der Waals surface area contributed by atoms with Gasteiger partial charge in [0.1, 0.15) is 0 Å². The molecule has 0 spiro atoms. The quantitative estimate of drug-likeness (QED) is 0.568. The second-order valence-corrected chi connectivity index (χ2v) is 3.96. The Kier molecular flexibility index (Phi) is 3.92. The molecule has 0 unspecified atom stereocenters. The van der Waals surface area contributed by atoms with Gasteiger partial charge >= 0.3 is 0 Å². The van der Waals surface area contributed by atoms with Gasteiger partial charge in [-0.1, -0.05) is 41.4 Å². The van der Waals surface area contributed by atoms with Crippen molar-refractivity contribution in [2.24, 2.45) is 0 Å². The highest BCUT2D eigenvalue weighted by Crippen LogP contribution is 2.24. The summed E-state index contributed by atoms with van der Waals surface area (Å²) in [6.07, 6.45) is 10.0. The molecule has 0 aromatic rings. The van der Waals surface area contributed by atoms with Crippen LogP contribution in [0.25, 0.3) is 0 Å². The first-order chi connectivity index (χ1) is 5.30. The third-order valence-corrected chi connectivity index (χ3v) is 2.98. The van der Waals surface area contributed by atoms with E-state index in [1.807, 2.05) is 0 Å². The average molecular weight is 215 g/mol. The average Bonchev–Trinajstić information content (AvgIpc) is 2.07. The van der Waals surface area contributed by atoms with Crippen LogP contribution in [0.5, 0.6) is 0 Å². The summed E-state index contributed by atoms with van der Waals surface area (Å²) in [4.78, 5) is 0. The van der Waals surface area contributed by atoms with Crippen LogP contribution in [-0.2, 0) is 0 Å². The minimum atomic E-state index is 1.16. The van der Waals surface area contributed by atoms with Gasteiger partial charge in [0.05, 0.1) is 0 Å². The van der Waals surface area contributed by atoms with Gasteiger partial charge in [0.2, 0.25) is 0 Å². The lowest BCUT2D eigenvalue weighted by Crippen LogP contribution is -1.80. The van der Waals surface area contributed by atoms with E-state index in [4.69, 9.17) is 0 Å². The SMILES string of the molecule is C=C1CCCCCC/C=C\1Br. The van der Waals surface area contributed by atoms with Crippen LogP contribution in [0.1, 0.15) is 38.5 Å². The molecule has 0 nitrogen and oxygen atoms in total. The molecule has 11 heavy (non-hydrogen) atoms. The van der Waals surface area contributed by atoms with E-state index >= 15 is 0 Å². The van der Waals surface area contributed by atoms with Crippen LogP contribution < -0.4 is 0 Å². The molecule has 0 aromatic carbocycles. The molecular weight excluding hydrogens is 200 g/mol. The Morgan fingerprint density at radius 1 is 1.18 bits per heavy atom. The fraction of sp³-hybridized carbons (Fsp3) is 0.600. The van der Waals surface area contributed by atoms with Crippen molar-refractivity contribution in [1.29, 1.82) is 0 Å². The molecule has 0 saturated carbocycles. The Morgan fingerprint density at radius 3 is 2.73 bits per heavy atom. The standard InChI is InChI=1S/C10H15Br/c1-9-7-5-3-2-4-6-8-10(9)11/h8H,1-7H2/b10-8+. The Hall–Kier alpha value is -0.0400. The highest BCUT2D eigenvalue weighted by Gasteiger charge is 2.01. The van der Waals surface area contributed by atoms with E-state index in [9.17, 15) is 0 Å². The third-order valence-electron chi connectivity index (χ3n) is 2.09.